The third-order valence-electron chi connectivity index (χ3n) is 6.21. The molecule has 1 aromatic rings. The van der Waals surface area contributed by atoms with Gasteiger partial charge in [-0.1, -0.05) is 39.0 Å². The van der Waals surface area contributed by atoms with E-state index in [0.717, 1.165) is 31.4 Å². The Hall–Kier alpha value is -1.36. The lowest BCUT2D eigenvalue weighted by Gasteiger charge is -2.37. The molecule has 152 valence electrons. The highest BCUT2D eigenvalue weighted by molar-refractivity contribution is 5.43. The number of piperidine rings is 1. The van der Waals surface area contributed by atoms with Gasteiger partial charge in [0, 0.05) is 37.9 Å². The summed E-state index contributed by atoms with van der Waals surface area (Å²) in [6.07, 6.45) is 15.0. The van der Waals surface area contributed by atoms with Crippen LogP contribution in [0.25, 0.3) is 0 Å². The molecule has 2 atom stereocenters. The molecular formula is C22H39N5. The fourth-order valence-corrected chi connectivity index (χ4v) is 4.47. The Labute approximate surface area is 165 Å². The summed E-state index contributed by atoms with van der Waals surface area (Å²) in [6, 6.07) is 3.22. The van der Waals surface area contributed by atoms with Crippen molar-refractivity contribution in [3.8, 4) is 0 Å². The zero-order chi connectivity index (χ0) is 18.9. The van der Waals surface area contributed by atoms with Crippen LogP contribution in [-0.2, 0) is 0 Å². The molecule has 3 rings (SSSR count). The van der Waals surface area contributed by atoms with E-state index in [1.54, 1.807) is 0 Å². The first-order valence-electron chi connectivity index (χ1n) is 11.3. The van der Waals surface area contributed by atoms with Crippen LogP contribution in [0.1, 0.15) is 78.1 Å². The van der Waals surface area contributed by atoms with Crippen molar-refractivity contribution in [3.63, 3.8) is 0 Å². The van der Waals surface area contributed by atoms with Crippen molar-refractivity contribution < 1.29 is 0 Å². The second-order valence-electron chi connectivity index (χ2n) is 8.46. The van der Waals surface area contributed by atoms with Crippen molar-refractivity contribution in [2.75, 3.05) is 36.4 Å². The maximum atomic E-state index is 4.85. The van der Waals surface area contributed by atoms with Crippen LogP contribution in [-0.4, -0.2) is 53.1 Å². The van der Waals surface area contributed by atoms with Gasteiger partial charge in [0.1, 0.15) is 5.82 Å². The number of anilines is 2. The van der Waals surface area contributed by atoms with Crippen LogP contribution in [0.4, 0.5) is 11.8 Å². The van der Waals surface area contributed by atoms with E-state index < -0.39 is 0 Å². The number of aromatic nitrogens is 2. The SMILES string of the molecule is CCCCCC(C)N1CCCC(Nc2nccc(N3CCCCCC3)n2)C1. The van der Waals surface area contributed by atoms with Gasteiger partial charge in [-0.05, 0) is 51.6 Å². The van der Waals surface area contributed by atoms with Gasteiger partial charge in [-0.2, -0.15) is 4.98 Å². The van der Waals surface area contributed by atoms with E-state index >= 15 is 0 Å². The maximum absolute atomic E-state index is 4.85. The first-order valence-corrected chi connectivity index (χ1v) is 11.3. The van der Waals surface area contributed by atoms with Crippen molar-refractivity contribution in [1.29, 1.82) is 0 Å². The highest BCUT2D eigenvalue weighted by Gasteiger charge is 2.24. The van der Waals surface area contributed by atoms with E-state index in [1.807, 2.05) is 6.20 Å². The fourth-order valence-electron chi connectivity index (χ4n) is 4.47. The van der Waals surface area contributed by atoms with Gasteiger partial charge in [0.25, 0.3) is 0 Å². The molecule has 2 aliphatic heterocycles. The van der Waals surface area contributed by atoms with Crippen LogP contribution in [0.3, 0.4) is 0 Å². The molecular weight excluding hydrogens is 334 g/mol. The summed E-state index contributed by atoms with van der Waals surface area (Å²) in [5, 5.41) is 3.64. The van der Waals surface area contributed by atoms with Crippen LogP contribution in [0.2, 0.25) is 0 Å². The van der Waals surface area contributed by atoms with Gasteiger partial charge >= 0.3 is 0 Å². The van der Waals surface area contributed by atoms with Crippen LogP contribution in [0.5, 0.6) is 0 Å². The summed E-state index contributed by atoms with van der Waals surface area (Å²) in [5.41, 5.74) is 0. The lowest BCUT2D eigenvalue weighted by atomic mass is 10.0. The molecule has 3 heterocycles. The van der Waals surface area contributed by atoms with Gasteiger partial charge < -0.3 is 10.2 Å². The normalized spacial score (nSPS) is 23.0. The van der Waals surface area contributed by atoms with Gasteiger partial charge in [0.15, 0.2) is 0 Å². The van der Waals surface area contributed by atoms with E-state index in [-0.39, 0.29) is 0 Å². The maximum Gasteiger partial charge on any atom is 0.224 e. The van der Waals surface area contributed by atoms with Gasteiger partial charge in [0.2, 0.25) is 5.95 Å². The number of rotatable bonds is 8. The van der Waals surface area contributed by atoms with Crippen LogP contribution in [0, 0.1) is 0 Å². The summed E-state index contributed by atoms with van der Waals surface area (Å²) < 4.78 is 0. The van der Waals surface area contributed by atoms with E-state index in [2.05, 4.69) is 40.0 Å². The van der Waals surface area contributed by atoms with Crippen LogP contribution >= 0.6 is 0 Å². The minimum Gasteiger partial charge on any atom is -0.356 e. The molecule has 0 saturated carbocycles. The molecule has 2 fully saturated rings. The minimum atomic E-state index is 0.465. The quantitative estimate of drug-likeness (QED) is 0.669. The molecule has 0 aromatic carbocycles. The zero-order valence-corrected chi connectivity index (χ0v) is 17.5. The van der Waals surface area contributed by atoms with E-state index in [0.29, 0.717) is 12.1 Å². The van der Waals surface area contributed by atoms with Gasteiger partial charge in [0.05, 0.1) is 0 Å². The first kappa shape index (κ1) is 20.4. The summed E-state index contributed by atoms with van der Waals surface area (Å²) in [6.45, 7) is 9.29. The monoisotopic (exact) mass is 373 g/mol. The number of nitrogens with zero attached hydrogens (tertiary/aromatic N) is 4. The van der Waals surface area contributed by atoms with Crippen molar-refractivity contribution in [2.24, 2.45) is 0 Å². The highest BCUT2D eigenvalue weighted by Crippen LogP contribution is 2.21. The topological polar surface area (TPSA) is 44.3 Å². The Kier molecular flexibility index (Phi) is 8.18. The number of nitrogens with one attached hydrogen (secondary N) is 1. The molecule has 1 N–H and O–H groups in total. The Morgan fingerprint density at radius 1 is 1.11 bits per heavy atom. The Balaban J connectivity index is 1.54. The van der Waals surface area contributed by atoms with Crippen molar-refractivity contribution >= 4 is 11.8 Å². The second-order valence-corrected chi connectivity index (χ2v) is 8.46. The molecule has 5 nitrogen and oxygen atoms in total. The molecule has 2 unspecified atom stereocenters. The van der Waals surface area contributed by atoms with Crippen LogP contribution < -0.4 is 10.2 Å². The smallest absolute Gasteiger partial charge is 0.224 e. The van der Waals surface area contributed by atoms with Crippen molar-refractivity contribution in [1.82, 2.24) is 14.9 Å². The summed E-state index contributed by atoms with van der Waals surface area (Å²) in [4.78, 5) is 14.5. The minimum absolute atomic E-state index is 0.465. The second kappa shape index (κ2) is 10.8. The standard InChI is InChI=1S/C22H39N5/c1-3-4-7-11-19(2)27-17-10-12-20(18-27)24-22-23-14-13-21(25-22)26-15-8-5-6-9-16-26/h13-14,19-20H,3-12,15-18H2,1-2H3,(H,23,24,25). The molecule has 27 heavy (non-hydrogen) atoms. The highest BCUT2D eigenvalue weighted by atomic mass is 15.2. The number of hydrogen-bond acceptors (Lipinski definition) is 5. The predicted molar refractivity (Wildman–Crippen MR) is 115 cm³/mol. The molecule has 1 aromatic heterocycles. The van der Waals surface area contributed by atoms with E-state index in [9.17, 15) is 0 Å². The molecule has 0 radical (unpaired) electrons. The van der Waals surface area contributed by atoms with Crippen molar-refractivity contribution in [2.45, 2.75) is 90.1 Å². The lowest BCUT2D eigenvalue weighted by Crippen LogP contribution is -2.46. The fraction of sp³-hybridized carbons (Fsp3) is 0.818. The number of hydrogen-bond donors (Lipinski definition) is 1. The number of unbranched alkanes of at least 4 members (excludes halogenated alkanes) is 2. The molecule has 5 heteroatoms. The van der Waals surface area contributed by atoms with E-state index in [1.165, 1.54) is 70.8 Å². The largest absolute Gasteiger partial charge is 0.356 e. The number of likely N-dealkylation sites (tertiary alicyclic amines) is 1. The predicted octanol–water partition coefficient (Wildman–Crippen LogP) is 4.70. The Morgan fingerprint density at radius 3 is 2.70 bits per heavy atom. The lowest BCUT2D eigenvalue weighted by molar-refractivity contribution is 0.155. The zero-order valence-electron chi connectivity index (χ0n) is 17.5. The summed E-state index contributed by atoms with van der Waals surface area (Å²) in [5.74, 6) is 1.90. The van der Waals surface area contributed by atoms with Crippen molar-refractivity contribution in [3.05, 3.63) is 12.3 Å². The molecule has 2 saturated heterocycles. The average molecular weight is 374 g/mol. The Bertz CT molecular complexity index is 541. The third kappa shape index (κ3) is 6.34. The molecule has 0 aliphatic carbocycles. The van der Waals surface area contributed by atoms with Gasteiger partial charge in [-0.3, -0.25) is 4.90 Å². The van der Waals surface area contributed by atoms with Crippen LogP contribution in [0.15, 0.2) is 12.3 Å². The van der Waals surface area contributed by atoms with E-state index in [4.69, 9.17) is 4.98 Å². The average Bonchev–Trinajstić information content (AvgIpc) is 2.98. The van der Waals surface area contributed by atoms with Gasteiger partial charge in [-0.25, -0.2) is 4.98 Å². The first-order chi connectivity index (χ1) is 13.3. The molecule has 2 aliphatic rings. The molecule has 0 amide bonds. The molecule has 0 spiro atoms. The summed E-state index contributed by atoms with van der Waals surface area (Å²) in [7, 11) is 0. The molecule has 0 bridgehead atoms. The van der Waals surface area contributed by atoms with Gasteiger partial charge in [-0.15, -0.1) is 0 Å². The summed E-state index contributed by atoms with van der Waals surface area (Å²) >= 11 is 0. The third-order valence-corrected chi connectivity index (χ3v) is 6.21. The Morgan fingerprint density at radius 2 is 1.93 bits per heavy atom.